The molecule has 1 aromatic heterocycles. The molecule has 1 aromatic carbocycles. The summed E-state index contributed by atoms with van der Waals surface area (Å²) in [7, 11) is 0. The molecule has 0 radical (unpaired) electrons. The molecule has 0 saturated heterocycles. The Balaban J connectivity index is 1.52. The van der Waals surface area contributed by atoms with E-state index in [1.807, 2.05) is 0 Å². The van der Waals surface area contributed by atoms with Gasteiger partial charge in [-0.15, -0.1) is 10.2 Å². The summed E-state index contributed by atoms with van der Waals surface area (Å²) in [6.07, 6.45) is 4.74. The van der Waals surface area contributed by atoms with Crippen molar-refractivity contribution >= 4 is 0 Å². The summed E-state index contributed by atoms with van der Waals surface area (Å²) in [5, 5.41) is 12.0. The minimum atomic E-state index is 0.230. The second kappa shape index (κ2) is 5.20. The molecule has 1 fully saturated rings. The smallest absolute Gasteiger partial charge is 0.230 e. The van der Waals surface area contributed by atoms with Crippen LogP contribution in [-0.4, -0.2) is 10.2 Å². The Morgan fingerprint density at radius 2 is 2.05 bits per heavy atom. The monoisotopic (exact) mass is 297 g/mol. The van der Waals surface area contributed by atoms with Gasteiger partial charge in [0.1, 0.15) is 0 Å². The van der Waals surface area contributed by atoms with Gasteiger partial charge in [-0.05, 0) is 42.2 Å². The van der Waals surface area contributed by atoms with Gasteiger partial charge in [0.05, 0.1) is 6.54 Å². The minimum Gasteiger partial charge on any atom is -0.424 e. The normalized spacial score (nSPS) is 23.3. The summed E-state index contributed by atoms with van der Waals surface area (Å²) < 4.78 is 5.77. The average molecular weight is 297 g/mol. The topological polar surface area (TPSA) is 51.0 Å². The van der Waals surface area contributed by atoms with Gasteiger partial charge in [-0.25, -0.2) is 0 Å². The Hall–Kier alpha value is -1.68. The average Bonchev–Trinajstić information content (AvgIpc) is 3.25. The highest BCUT2D eigenvalue weighted by Crippen LogP contribution is 2.43. The van der Waals surface area contributed by atoms with Crippen LogP contribution in [0.1, 0.15) is 68.0 Å². The summed E-state index contributed by atoms with van der Waals surface area (Å²) >= 11 is 0. The van der Waals surface area contributed by atoms with Crippen LogP contribution >= 0.6 is 0 Å². The van der Waals surface area contributed by atoms with Crippen LogP contribution in [0.3, 0.4) is 0 Å². The van der Waals surface area contributed by atoms with Crippen LogP contribution in [-0.2, 0) is 13.0 Å². The van der Waals surface area contributed by atoms with E-state index in [4.69, 9.17) is 4.42 Å². The van der Waals surface area contributed by atoms with E-state index in [1.54, 1.807) is 0 Å². The van der Waals surface area contributed by atoms with Gasteiger partial charge in [-0.2, -0.15) is 0 Å². The maximum Gasteiger partial charge on any atom is 0.230 e. The molecule has 4 rings (SSSR count). The summed E-state index contributed by atoms with van der Waals surface area (Å²) in [4.78, 5) is 0. The third-order valence-electron chi connectivity index (χ3n) is 5.05. The summed E-state index contributed by atoms with van der Waals surface area (Å²) in [6, 6.07) is 9.09. The van der Waals surface area contributed by atoms with Gasteiger partial charge in [0.25, 0.3) is 0 Å². The Kier molecular flexibility index (Phi) is 3.30. The van der Waals surface area contributed by atoms with Crippen LogP contribution in [0.2, 0.25) is 0 Å². The van der Waals surface area contributed by atoms with Crippen molar-refractivity contribution < 1.29 is 4.42 Å². The number of hydrogen-bond donors (Lipinski definition) is 1. The van der Waals surface area contributed by atoms with E-state index < -0.39 is 0 Å². The number of rotatable bonds is 4. The highest BCUT2D eigenvalue weighted by Gasteiger charge is 2.35. The van der Waals surface area contributed by atoms with E-state index in [1.165, 1.54) is 30.4 Å². The zero-order valence-corrected chi connectivity index (χ0v) is 13.3. The van der Waals surface area contributed by atoms with Gasteiger partial charge in [0, 0.05) is 12.0 Å². The summed E-state index contributed by atoms with van der Waals surface area (Å²) in [6.45, 7) is 5.32. The minimum absolute atomic E-state index is 0.230. The lowest BCUT2D eigenvalue weighted by Crippen LogP contribution is -2.37. The van der Waals surface area contributed by atoms with E-state index in [0.717, 1.165) is 12.3 Å². The van der Waals surface area contributed by atoms with Gasteiger partial charge in [0.2, 0.25) is 11.8 Å². The van der Waals surface area contributed by atoms with E-state index in [2.05, 4.69) is 53.6 Å². The standard InChI is InChI=1S/C18H23N3O/c1-18(2)10-9-12-5-3-4-6-14(12)16(18)19-11-15-20-21-17(22-15)13-7-8-13/h3-6,13,16,19H,7-11H2,1-2H3. The molecule has 1 saturated carbocycles. The van der Waals surface area contributed by atoms with Crippen molar-refractivity contribution in [1.82, 2.24) is 15.5 Å². The van der Waals surface area contributed by atoms with Gasteiger partial charge in [0.15, 0.2) is 0 Å². The largest absolute Gasteiger partial charge is 0.424 e. The van der Waals surface area contributed by atoms with Crippen LogP contribution in [0.4, 0.5) is 0 Å². The fraction of sp³-hybridized carbons (Fsp3) is 0.556. The van der Waals surface area contributed by atoms with Gasteiger partial charge < -0.3 is 9.73 Å². The lowest BCUT2D eigenvalue weighted by molar-refractivity contribution is 0.203. The second-order valence-corrected chi connectivity index (χ2v) is 7.31. The predicted molar refractivity (Wildman–Crippen MR) is 84.4 cm³/mol. The molecule has 0 bridgehead atoms. The zero-order chi connectivity index (χ0) is 15.2. The van der Waals surface area contributed by atoms with Crippen molar-refractivity contribution in [3.05, 3.63) is 47.2 Å². The summed E-state index contributed by atoms with van der Waals surface area (Å²) in [5.41, 5.74) is 3.11. The molecule has 4 heteroatoms. The molecule has 1 heterocycles. The number of aromatic nitrogens is 2. The first kappa shape index (κ1) is 13.9. The number of fused-ring (bicyclic) bond motifs is 1. The molecular formula is C18H23N3O. The van der Waals surface area contributed by atoms with E-state index in [-0.39, 0.29) is 5.41 Å². The highest BCUT2D eigenvalue weighted by molar-refractivity contribution is 5.34. The maximum atomic E-state index is 5.77. The molecule has 1 N–H and O–H groups in total. The number of nitrogens with zero attached hydrogens (tertiary/aromatic N) is 2. The second-order valence-electron chi connectivity index (χ2n) is 7.31. The maximum absolute atomic E-state index is 5.77. The van der Waals surface area contributed by atoms with Crippen molar-refractivity contribution in [3.63, 3.8) is 0 Å². The van der Waals surface area contributed by atoms with Gasteiger partial charge in [-0.3, -0.25) is 0 Å². The molecule has 0 amide bonds. The summed E-state index contributed by atoms with van der Waals surface area (Å²) in [5.74, 6) is 2.05. The Labute approximate surface area is 131 Å². The Bertz CT molecular complexity index is 672. The lowest BCUT2D eigenvalue weighted by atomic mass is 9.70. The number of hydrogen-bond acceptors (Lipinski definition) is 4. The first-order chi connectivity index (χ1) is 10.6. The van der Waals surface area contributed by atoms with Crippen LogP contribution in [0.25, 0.3) is 0 Å². The molecule has 116 valence electrons. The van der Waals surface area contributed by atoms with Crippen molar-refractivity contribution in [2.24, 2.45) is 5.41 Å². The molecular weight excluding hydrogens is 274 g/mol. The third-order valence-corrected chi connectivity index (χ3v) is 5.05. The first-order valence-electron chi connectivity index (χ1n) is 8.27. The molecule has 1 atom stereocenters. The van der Waals surface area contributed by atoms with Crippen molar-refractivity contribution in [2.45, 2.75) is 58.0 Å². The van der Waals surface area contributed by atoms with Crippen LogP contribution in [0.5, 0.6) is 0 Å². The van der Waals surface area contributed by atoms with E-state index in [0.29, 0.717) is 24.4 Å². The Morgan fingerprint density at radius 3 is 2.86 bits per heavy atom. The van der Waals surface area contributed by atoms with Gasteiger partial charge in [-0.1, -0.05) is 38.1 Å². The molecule has 2 aliphatic rings. The van der Waals surface area contributed by atoms with Crippen LogP contribution in [0.15, 0.2) is 28.7 Å². The van der Waals surface area contributed by atoms with Crippen molar-refractivity contribution in [1.29, 1.82) is 0 Å². The fourth-order valence-electron chi connectivity index (χ4n) is 3.47. The molecule has 1 unspecified atom stereocenters. The molecule has 2 aliphatic carbocycles. The number of aryl methyl sites for hydroxylation is 1. The van der Waals surface area contributed by atoms with Crippen molar-refractivity contribution in [2.75, 3.05) is 0 Å². The molecule has 2 aromatic rings. The molecule has 0 spiro atoms. The molecule has 22 heavy (non-hydrogen) atoms. The fourth-order valence-corrected chi connectivity index (χ4v) is 3.47. The quantitative estimate of drug-likeness (QED) is 0.933. The van der Waals surface area contributed by atoms with Crippen molar-refractivity contribution in [3.8, 4) is 0 Å². The number of benzene rings is 1. The zero-order valence-electron chi connectivity index (χ0n) is 13.3. The predicted octanol–water partition coefficient (Wildman–Crippen LogP) is 3.75. The van der Waals surface area contributed by atoms with E-state index in [9.17, 15) is 0 Å². The van der Waals surface area contributed by atoms with Crippen LogP contribution in [0, 0.1) is 5.41 Å². The first-order valence-corrected chi connectivity index (χ1v) is 8.27. The molecule has 4 nitrogen and oxygen atoms in total. The Morgan fingerprint density at radius 1 is 1.23 bits per heavy atom. The third kappa shape index (κ3) is 2.56. The SMILES string of the molecule is CC1(C)CCc2ccccc2C1NCc1nnc(C2CC2)o1. The van der Waals surface area contributed by atoms with Gasteiger partial charge >= 0.3 is 0 Å². The highest BCUT2D eigenvalue weighted by atomic mass is 16.4. The number of nitrogens with one attached hydrogen (secondary N) is 1. The van der Waals surface area contributed by atoms with Crippen LogP contribution < -0.4 is 5.32 Å². The van der Waals surface area contributed by atoms with E-state index >= 15 is 0 Å². The lowest BCUT2D eigenvalue weighted by Gasteiger charge is -2.40. The molecule has 0 aliphatic heterocycles.